The maximum atomic E-state index is 4.21. The smallest absolute Gasteiger partial charge is 0.226 e. The highest BCUT2D eigenvalue weighted by Gasteiger charge is 2.27. The van der Waals surface area contributed by atoms with Gasteiger partial charge >= 0.3 is 0 Å². The van der Waals surface area contributed by atoms with Crippen LogP contribution in [0.5, 0.6) is 0 Å². The van der Waals surface area contributed by atoms with Crippen LogP contribution in [0.15, 0.2) is 18.2 Å². The average molecular weight is 296 g/mol. The third-order valence-corrected chi connectivity index (χ3v) is 4.46. The first kappa shape index (κ1) is 13.6. The fourth-order valence-electron chi connectivity index (χ4n) is 3.03. The van der Waals surface area contributed by atoms with Gasteiger partial charge in [-0.25, -0.2) is 0 Å². The molecule has 2 N–H and O–H groups in total. The molecule has 1 saturated carbocycles. The Labute approximate surface area is 131 Å². The maximum absolute atomic E-state index is 4.21. The number of H-pyrrole nitrogens is 1. The van der Waals surface area contributed by atoms with Crippen LogP contribution in [0, 0.1) is 6.07 Å². The minimum atomic E-state index is 0.597. The topological polar surface area (TPSA) is 56.8 Å². The number of aromatic amines is 1. The van der Waals surface area contributed by atoms with Crippen molar-refractivity contribution < 1.29 is 0 Å². The largest absolute Gasteiger partial charge is 0.371 e. The van der Waals surface area contributed by atoms with E-state index >= 15 is 0 Å². The number of aromatic nitrogens is 3. The van der Waals surface area contributed by atoms with Crippen molar-refractivity contribution in [2.75, 3.05) is 23.3 Å². The molecule has 0 unspecified atom stereocenters. The Morgan fingerprint density at radius 2 is 1.95 bits per heavy atom. The van der Waals surface area contributed by atoms with Gasteiger partial charge in [0.1, 0.15) is 5.82 Å². The van der Waals surface area contributed by atoms with Crippen molar-refractivity contribution in [3.63, 3.8) is 0 Å². The second-order valence-corrected chi connectivity index (χ2v) is 6.32. The van der Waals surface area contributed by atoms with E-state index in [-0.39, 0.29) is 0 Å². The Morgan fingerprint density at radius 1 is 1.14 bits per heavy atom. The zero-order chi connectivity index (χ0) is 14.8. The minimum absolute atomic E-state index is 0.597. The van der Waals surface area contributed by atoms with E-state index in [2.05, 4.69) is 37.5 Å². The molecule has 1 aromatic carbocycles. The molecular formula is C17H22N5. The van der Waals surface area contributed by atoms with E-state index in [4.69, 9.17) is 0 Å². The molecule has 1 aromatic heterocycles. The molecule has 115 valence electrons. The highest BCUT2D eigenvalue weighted by Crippen LogP contribution is 2.38. The molecule has 2 heterocycles. The van der Waals surface area contributed by atoms with Crippen molar-refractivity contribution in [2.24, 2.45) is 0 Å². The van der Waals surface area contributed by atoms with E-state index in [1.54, 1.807) is 0 Å². The fraction of sp³-hybridized carbons (Fsp3) is 0.529. The second-order valence-electron chi connectivity index (χ2n) is 6.32. The predicted molar refractivity (Wildman–Crippen MR) is 87.6 cm³/mol. The van der Waals surface area contributed by atoms with Crippen molar-refractivity contribution in [1.82, 2.24) is 15.2 Å². The van der Waals surface area contributed by atoms with E-state index in [0.29, 0.717) is 5.92 Å². The number of benzene rings is 1. The van der Waals surface area contributed by atoms with Gasteiger partial charge in [-0.05, 0) is 37.8 Å². The Kier molecular flexibility index (Phi) is 3.70. The molecule has 4 rings (SSSR count). The maximum Gasteiger partial charge on any atom is 0.226 e. The Hall–Kier alpha value is -2.04. The molecule has 1 aliphatic heterocycles. The van der Waals surface area contributed by atoms with Gasteiger partial charge in [-0.1, -0.05) is 18.9 Å². The number of rotatable bonds is 4. The molecule has 0 bridgehead atoms. The fourth-order valence-corrected chi connectivity index (χ4v) is 3.03. The molecule has 5 heteroatoms. The quantitative estimate of drug-likeness (QED) is 0.905. The SMILES string of the molecule is [c]1ccc(Nc2nnc(C3CC3)[nH]2)cc1N1CCCCCC1. The summed E-state index contributed by atoms with van der Waals surface area (Å²) in [5.74, 6) is 2.34. The van der Waals surface area contributed by atoms with Crippen LogP contribution < -0.4 is 10.2 Å². The normalized spacial score (nSPS) is 19.0. The summed E-state index contributed by atoms with van der Waals surface area (Å²) in [6.07, 6.45) is 7.70. The summed E-state index contributed by atoms with van der Waals surface area (Å²) in [7, 11) is 0. The summed E-state index contributed by atoms with van der Waals surface area (Å²) >= 11 is 0. The van der Waals surface area contributed by atoms with Crippen molar-refractivity contribution in [2.45, 2.75) is 44.4 Å². The highest BCUT2D eigenvalue weighted by atomic mass is 15.3. The van der Waals surface area contributed by atoms with Crippen molar-refractivity contribution in [1.29, 1.82) is 0 Å². The van der Waals surface area contributed by atoms with Gasteiger partial charge in [0.2, 0.25) is 5.95 Å². The summed E-state index contributed by atoms with van der Waals surface area (Å²) in [4.78, 5) is 5.71. The monoisotopic (exact) mass is 296 g/mol. The van der Waals surface area contributed by atoms with Crippen LogP contribution in [0.25, 0.3) is 0 Å². The average Bonchev–Trinajstić information content (AvgIpc) is 3.33. The summed E-state index contributed by atoms with van der Waals surface area (Å²) in [6.45, 7) is 2.27. The number of hydrogen-bond donors (Lipinski definition) is 2. The van der Waals surface area contributed by atoms with E-state index in [0.717, 1.165) is 30.5 Å². The molecule has 2 fully saturated rings. The molecule has 0 amide bonds. The van der Waals surface area contributed by atoms with Crippen LogP contribution in [0.1, 0.15) is 50.3 Å². The standard InChI is InChI=1S/C17H22N5/c1-2-4-11-22(10-3-1)15-7-5-6-14(12-15)18-17-19-16(20-21-17)13-8-9-13/h5-6,12-13H,1-4,8-11H2,(H2,18,19,20,21). The first-order valence-electron chi connectivity index (χ1n) is 8.35. The number of anilines is 3. The molecule has 1 saturated heterocycles. The number of nitrogens with zero attached hydrogens (tertiary/aromatic N) is 3. The van der Waals surface area contributed by atoms with Gasteiger partial charge in [-0.15, -0.1) is 10.2 Å². The predicted octanol–water partition coefficient (Wildman–Crippen LogP) is 3.61. The zero-order valence-electron chi connectivity index (χ0n) is 12.8. The first-order chi connectivity index (χ1) is 10.9. The van der Waals surface area contributed by atoms with E-state index in [1.165, 1.54) is 44.2 Å². The van der Waals surface area contributed by atoms with Gasteiger partial charge < -0.3 is 15.2 Å². The van der Waals surface area contributed by atoms with Gasteiger partial charge in [-0.2, -0.15) is 0 Å². The summed E-state index contributed by atoms with van der Waals surface area (Å²) < 4.78 is 0. The highest BCUT2D eigenvalue weighted by molar-refractivity contribution is 5.61. The second kappa shape index (κ2) is 5.99. The van der Waals surface area contributed by atoms with Crippen LogP contribution in [0.3, 0.4) is 0 Å². The molecule has 1 radical (unpaired) electrons. The van der Waals surface area contributed by atoms with Gasteiger partial charge in [-0.3, -0.25) is 0 Å². The lowest BCUT2D eigenvalue weighted by Crippen LogP contribution is -2.23. The molecule has 22 heavy (non-hydrogen) atoms. The van der Waals surface area contributed by atoms with E-state index in [9.17, 15) is 0 Å². The lowest BCUT2D eigenvalue weighted by molar-refractivity contribution is 0.726. The van der Waals surface area contributed by atoms with Crippen LogP contribution in [0.2, 0.25) is 0 Å². The first-order valence-corrected chi connectivity index (χ1v) is 8.35. The molecule has 1 aliphatic carbocycles. The molecule has 0 spiro atoms. The van der Waals surface area contributed by atoms with Crippen LogP contribution in [-0.4, -0.2) is 28.3 Å². The van der Waals surface area contributed by atoms with Gasteiger partial charge in [0, 0.05) is 36.4 Å². The lowest BCUT2D eigenvalue weighted by atomic mass is 10.2. The molecule has 0 atom stereocenters. The lowest BCUT2D eigenvalue weighted by Gasteiger charge is -2.22. The Balaban J connectivity index is 1.47. The number of nitrogens with one attached hydrogen (secondary N) is 2. The van der Waals surface area contributed by atoms with Crippen molar-refractivity contribution in [3.05, 3.63) is 30.1 Å². The van der Waals surface area contributed by atoms with Crippen LogP contribution in [0.4, 0.5) is 17.3 Å². The molecule has 2 aromatic rings. The van der Waals surface area contributed by atoms with Crippen molar-refractivity contribution in [3.8, 4) is 0 Å². The Morgan fingerprint density at radius 3 is 2.73 bits per heavy atom. The molecular weight excluding hydrogens is 274 g/mol. The van der Waals surface area contributed by atoms with Gasteiger partial charge in [0.15, 0.2) is 0 Å². The molecule has 5 nitrogen and oxygen atoms in total. The van der Waals surface area contributed by atoms with Crippen LogP contribution >= 0.6 is 0 Å². The van der Waals surface area contributed by atoms with Crippen molar-refractivity contribution >= 4 is 17.3 Å². The summed E-state index contributed by atoms with van der Waals surface area (Å²) in [5.41, 5.74) is 2.21. The van der Waals surface area contributed by atoms with E-state index in [1.807, 2.05) is 12.1 Å². The zero-order valence-corrected chi connectivity index (χ0v) is 12.8. The third kappa shape index (κ3) is 3.08. The molecule has 2 aliphatic rings. The third-order valence-electron chi connectivity index (χ3n) is 4.46. The minimum Gasteiger partial charge on any atom is -0.371 e. The van der Waals surface area contributed by atoms with Crippen LogP contribution in [-0.2, 0) is 0 Å². The van der Waals surface area contributed by atoms with Gasteiger partial charge in [0.05, 0.1) is 0 Å². The van der Waals surface area contributed by atoms with Gasteiger partial charge in [0.25, 0.3) is 0 Å². The summed E-state index contributed by atoms with van der Waals surface area (Å²) in [5, 5.41) is 11.7. The summed E-state index contributed by atoms with van der Waals surface area (Å²) in [6, 6.07) is 9.54. The Bertz CT molecular complexity index is 623. The van der Waals surface area contributed by atoms with E-state index < -0.39 is 0 Å². The number of hydrogen-bond acceptors (Lipinski definition) is 4.